The fourth-order valence-electron chi connectivity index (χ4n) is 2.01. The maximum Gasteiger partial charge on any atom is 0.289 e. The molecule has 2 aromatic rings. The fraction of sp³-hybridized carbons (Fsp3) is 0.125. The number of hydrogen-bond donors (Lipinski definition) is 2. The van der Waals surface area contributed by atoms with E-state index >= 15 is 0 Å². The first-order valence-corrected chi connectivity index (χ1v) is 8.00. The van der Waals surface area contributed by atoms with E-state index in [4.69, 9.17) is 23.2 Å². The van der Waals surface area contributed by atoms with Crippen molar-refractivity contribution in [2.45, 2.75) is 6.42 Å². The van der Waals surface area contributed by atoms with Crippen molar-refractivity contribution in [2.24, 2.45) is 0 Å². The largest absolute Gasteiger partial charge is 0.351 e. The van der Waals surface area contributed by atoms with Gasteiger partial charge in [0.25, 0.3) is 11.6 Å². The van der Waals surface area contributed by atoms with Gasteiger partial charge in [0, 0.05) is 24.7 Å². The van der Waals surface area contributed by atoms with Crippen LogP contribution >= 0.6 is 23.2 Å². The van der Waals surface area contributed by atoms with E-state index in [-0.39, 0.29) is 39.9 Å². The zero-order chi connectivity index (χ0) is 19.3. The monoisotopic (exact) mass is 399 g/mol. The van der Waals surface area contributed by atoms with Crippen LogP contribution in [0.25, 0.3) is 0 Å². The van der Waals surface area contributed by atoms with Crippen LogP contribution in [0.2, 0.25) is 10.0 Å². The Balaban J connectivity index is 1.88. The second-order valence-electron chi connectivity index (χ2n) is 5.10. The number of nitrogens with zero attached hydrogens (tertiary/aromatic N) is 1. The molecule has 2 aromatic carbocycles. The van der Waals surface area contributed by atoms with Crippen LogP contribution in [-0.4, -0.2) is 23.3 Å². The molecule has 2 N–H and O–H groups in total. The molecule has 0 unspecified atom stereocenters. The molecule has 2 amide bonds. The van der Waals surface area contributed by atoms with E-state index in [2.05, 4.69) is 10.6 Å². The summed E-state index contributed by atoms with van der Waals surface area (Å²) in [6.45, 7) is -0.00590. The third kappa shape index (κ3) is 5.14. The van der Waals surface area contributed by atoms with E-state index < -0.39 is 22.6 Å². The SMILES string of the molecule is O=C(CCNC(=O)c1ccc(F)cc1Cl)Nc1ccc(Cl)c([N+](=O)[O-])c1. The van der Waals surface area contributed by atoms with Crippen molar-refractivity contribution in [1.29, 1.82) is 0 Å². The van der Waals surface area contributed by atoms with Crippen LogP contribution in [0.15, 0.2) is 36.4 Å². The molecule has 7 nitrogen and oxygen atoms in total. The highest BCUT2D eigenvalue weighted by molar-refractivity contribution is 6.34. The van der Waals surface area contributed by atoms with Gasteiger partial charge in [0.05, 0.1) is 15.5 Å². The van der Waals surface area contributed by atoms with Crippen LogP contribution in [0.3, 0.4) is 0 Å². The third-order valence-corrected chi connectivity index (χ3v) is 3.87. The van der Waals surface area contributed by atoms with Crippen LogP contribution < -0.4 is 10.6 Å². The normalized spacial score (nSPS) is 10.3. The Hall–Kier alpha value is -2.71. The Bertz CT molecular complexity index is 877. The summed E-state index contributed by atoms with van der Waals surface area (Å²) >= 11 is 11.5. The predicted molar refractivity (Wildman–Crippen MR) is 95.1 cm³/mol. The van der Waals surface area contributed by atoms with Gasteiger partial charge >= 0.3 is 0 Å². The van der Waals surface area contributed by atoms with E-state index in [1.807, 2.05) is 0 Å². The number of carbonyl (C=O) groups excluding carboxylic acids is 2. The topological polar surface area (TPSA) is 101 Å². The predicted octanol–water partition coefficient (Wildman–Crippen LogP) is 3.80. The summed E-state index contributed by atoms with van der Waals surface area (Å²) < 4.78 is 13.0. The number of amides is 2. The average Bonchev–Trinajstić information content (AvgIpc) is 2.56. The van der Waals surface area contributed by atoms with Gasteiger partial charge in [-0.1, -0.05) is 23.2 Å². The molecule has 0 bridgehead atoms. The van der Waals surface area contributed by atoms with Gasteiger partial charge in [-0.15, -0.1) is 0 Å². The van der Waals surface area contributed by atoms with Crippen LogP contribution in [0.4, 0.5) is 15.8 Å². The lowest BCUT2D eigenvalue weighted by Crippen LogP contribution is -2.27. The zero-order valence-electron chi connectivity index (χ0n) is 13.1. The molecular formula is C16H12Cl2FN3O4. The number of nitro groups is 1. The molecule has 0 radical (unpaired) electrons. The molecule has 0 aliphatic rings. The van der Waals surface area contributed by atoms with Gasteiger partial charge in [-0.05, 0) is 30.3 Å². The van der Waals surface area contributed by atoms with Gasteiger partial charge < -0.3 is 10.6 Å². The van der Waals surface area contributed by atoms with Crippen molar-refractivity contribution in [2.75, 3.05) is 11.9 Å². The number of halogens is 3. The van der Waals surface area contributed by atoms with Gasteiger partial charge in [0.2, 0.25) is 5.91 Å². The molecule has 0 heterocycles. The highest BCUT2D eigenvalue weighted by atomic mass is 35.5. The molecule has 0 atom stereocenters. The lowest BCUT2D eigenvalue weighted by atomic mass is 10.2. The molecule has 0 fully saturated rings. The van der Waals surface area contributed by atoms with E-state index in [0.717, 1.165) is 18.2 Å². The van der Waals surface area contributed by atoms with Gasteiger partial charge in [0.15, 0.2) is 0 Å². The third-order valence-electron chi connectivity index (χ3n) is 3.24. The second kappa shape index (κ2) is 8.59. The van der Waals surface area contributed by atoms with Crippen molar-refractivity contribution >= 4 is 46.4 Å². The second-order valence-corrected chi connectivity index (χ2v) is 5.92. The molecule has 0 saturated carbocycles. The van der Waals surface area contributed by atoms with E-state index in [0.29, 0.717) is 0 Å². The van der Waals surface area contributed by atoms with Gasteiger partial charge in [0.1, 0.15) is 10.8 Å². The molecule has 0 saturated heterocycles. The van der Waals surface area contributed by atoms with Crippen LogP contribution in [0.5, 0.6) is 0 Å². The summed E-state index contributed by atoms with van der Waals surface area (Å²) in [5, 5.41) is 15.7. The minimum atomic E-state index is -0.662. The zero-order valence-corrected chi connectivity index (χ0v) is 14.6. The Morgan fingerprint density at radius 1 is 1.12 bits per heavy atom. The lowest BCUT2D eigenvalue weighted by Gasteiger charge is -2.08. The Kier molecular flexibility index (Phi) is 6.48. The first kappa shape index (κ1) is 19.6. The average molecular weight is 400 g/mol. The summed E-state index contributed by atoms with van der Waals surface area (Å²) in [5.41, 5.74) is -0.0375. The molecular weight excluding hydrogens is 388 g/mol. The number of benzene rings is 2. The van der Waals surface area contributed by atoms with Crippen LogP contribution in [0.1, 0.15) is 16.8 Å². The molecule has 0 spiro atoms. The van der Waals surface area contributed by atoms with Crippen molar-refractivity contribution in [3.8, 4) is 0 Å². The highest BCUT2D eigenvalue weighted by Crippen LogP contribution is 2.27. The Morgan fingerprint density at radius 3 is 2.50 bits per heavy atom. The number of nitrogens with one attached hydrogen (secondary N) is 2. The molecule has 0 aliphatic heterocycles. The van der Waals surface area contributed by atoms with Gasteiger partial charge in [-0.2, -0.15) is 0 Å². The molecule has 2 rings (SSSR count). The number of anilines is 1. The standard InChI is InChI=1S/C16H12Cl2FN3O4/c17-12-4-2-10(8-14(12)22(25)26)21-15(23)5-6-20-16(24)11-3-1-9(19)7-13(11)18/h1-4,7-8H,5-6H2,(H,20,24)(H,21,23). The van der Waals surface area contributed by atoms with E-state index in [1.54, 1.807) is 0 Å². The summed E-state index contributed by atoms with van der Waals surface area (Å²) in [7, 11) is 0. The summed E-state index contributed by atoms with van der Waals surface area (Å²) in [6.07, 6.45) is -0.0824. The number of hydrogen-bond acceptors (Lipinski definition) is 4. The van der Waals surface area contributed by atoms with Crippen molar-refractivity contribution < 1.29 is 18.9 Å². The molecule has 0 aliphatic carbocycles. The molecule has 10 heteroatoms. The quantitative estimate of drug-likeness (QED) is 0.569. The number of nitro benzene ring substituents is 1. The summed E-state index contributed by atoms with van der Waals surface area (Å²) in [5.74, 6) is -1.58. The van der Waals surface area contributed by atoms with Crippen molar-refractivity contribution in [3.05, 3.63) is 67.9 Å². The van der Waals surface area contributed by atoms with E-state index in [1.165, 1.54) is 18.2 Å². The lowest BCUT2D eigenvalue weighted by molar-refractivity contribution is -0.384. The summed E-state index contributed by atoms with van der Waals surface area (Å²) in [6, 6.07) is 7.20. The van der Waals surface area contributed by atoms with Gasteiger partial charge in [-0.3, -0.25) is 19.7 Å². The Morgan fingerprint density at radius 2 is 1.85 bits per heavy atom. The van der Waals surface area contributed by atoms with Crippen LogP contribution in [-0.2, 0) is 4.79 Å². The highest BCUT2D eigenvalue weighted by Gasteiger charge is 2.14. The van der Waals surface area contributed by atoms with Crippen molar-refractivity contribution in [1.82, 2.24) is 5.32 Å². The smallest absolute Gasteiger partial charge is 0.289 e. The first-order chi connectivity index (χ1) is 12.3. The Labute approximate surface area is 157 Å². The first-order valence-electron chi connectivity index (χ1n) is 7.25. The van der Waals surface area contributed by atoms with Crippen LogP contribution in [0, 0.1) is 15.9 Å². The molecule has 136 valence electrons. The maximum absolute atomic E-state index is 13.0. The number of carbonyl (C=O) groups is 2. The minimum absolute atomic E-state index is 0.00590. The maximum atomic E-state index is 13.0. The van der Waals surface area contributed by atoms with Gasteiger partial charge in [-0.25, -0.2) is 4.39 Å². The minimum Gasteiger partial charge on any atom is -0.351 e. The fourth-order valence-corrected chi connectivity index (χ4v) is 2.45. The molecule has 26 heavy (non-hydrogen) atoms. The molecule has 0 aromatic heterocycles. The number of rotatable bonds is 6. The summed E-state index contributed by atoms with van der Waals surface area (Å²) in [4.78, 5) is 34.0. The van der Waals surface area contributed by atoms with E-state index in [9.17, 15) is 24.1 Å². The van der Waals surface area contributed by atoms with Crippen molar-refractivity contribution in [3.63, 3.8) is 0 Å².